The van der Waals surface area contributed by atoms with Crippen LogP contribution < -0.4 is 16.8 Å². The zero-order chi connectivity index (χ0) is 100. The monoisotopic (exact) mass is 1910 g/mol. The van der Waals surface area contributed by atoms with E-state index in [-0.39, 0.29) is 54.9 Å². The summed E-state index contributed by atoms with van der Waals surface area (Å²) in [4.78, 5) is 98.3. The lowest BCUT2D eigenvalue weighted by Gasteiger charge is -2.62. The van der Waals surface area contributed by atoms with Crippen LogP contribution in [0.4, 0.5) is 35.0 Å². The zero-order valence-electron chi connectivity index (χ0n) is 79.5. The molecule has 24 nitrogen and oxygen atoms in total. The van der Waals surface area contributed by atoms with Crippen LogP contribution in [0.1, 0.15) is 207 Å². The maximum Gasteiger partial charge on any atom is 0.412 e. The topological polar surface area (TPSA) is 409 Å². The van der Waals surface area contributed by atoms with Crippen molar-refractivity contribution in [2.75, 3.05) is 36.6 Å². The van der Waals surface area contributed by atoms with Crippen LogP contribution in [-0.2, 0) is 52.5 Å². The SMILES string of the molecule is CC(C)(C)OC(=O)Nc1cccc(C#Cc2ccc(C=O)cc2)c1.C[C@]12C=CC(=O)C=C1CC[C@H]1[C@@H]3C[C@@H](O)[C@](O)(C(=O)CO)[C@@]3(C)C[C@H](O)[C@@]12F.C[C@]12C=CC(=O)C=C1CC[C@H]1[C@@H]3C[C@H]4O[C@@H](c5ccc(C#Cc6cccc(N)c6)cc5)O[C@@]4(C(=O)CO)[C@@]3(C)C[C@H](O)[C@@]12F.C[C@]12C=CC(=O)C=C1CC[C@H]1[C@@H]3C[C@H]4O[C@H](c5ccc(C#Cc6cccc(N)c6)cc5)O[C@@]4(C(=O)CO)[C@@]3(C)C[C@H](O)[C@@]12F. The Labute approximate surface area is 811 Å². The first kappa shape index (κ1) is 99.9. The Balaban J connectivity index is 0.000000133. The Morgan fingerprint density at radius 2 is 0.800 bits per heavy atom. The molecule has 27 heteroatoms. The highest BCUT2D eigenvalue weighted by molar-refractivity contribution is 6.03. The minimum absolute atomic E-state index is 0.0135. The molecule has 14 aliphatic rings. The molecule has 0 unspecified atom stereocenters. The van der Waals surface area contributed by atoms with Crippen LogP contribution in [0.2, 0.25) is 0 Å². The molecule has 2 aliphatic heterocycles. The van der Waals surface area contributed by atoms with Crippen molar-refractivity contribution in [1.29, 1.82) is 0 Å². The number of carbonyl (C=O) groups is 8. The number of amides is 1. The number of fused-ring (bicyclic) bond motifs is 19. The molecule has 6 aromatic rings. The first-order valence-electron chi connectivity index (χ1n) is 47.8. The van der Waals surface area contributed by atoms with E-state index < -0.39 is 188 Å². The number of Topliss-reactive ketones (excluding diaryl/α,β-unsaturated/α-hetero) is 3. The van der Waals surface area contributed by atoms with Gasteiger partial charge in [0.15, 0.2) is 81.1 Å². The minimum atomic E-state index is -2.23. The molecule has 732 valence electrons. The number of allylic oxidation sites excluding steroid dienone is 12. The Hall–Kier alpha value is -11.7. The lowest BCUT2D eigenvalue weighted by molar-refractivity contribution is -0.231. The summed E-state index contributed by atoms with van der Waals surface area (Å²) in [7, 11) is 0. The molecule has 11 fully saturated rings. The molecule has 20 rings (SSSR count). The lowest BCUT2D eigenvalue weighted by atomic mass is 9.44. The summed E-state index contributed by atoms with van der Waals surface area (Å²) < 4.78 is 83.1. The molecule has 2 saturated heterocycles. The average molecular weight is 1910 g/mol. The molecule has 9 saturated carbocycles. The van der Waals surface area contributed by atoms with Crippen molar-refractivity contribution in [1.82, 2.24) is 0 Å². The third-order valence-electron chi connectivity index (χ3n) is 34.1. The number of carbonyl (C=O) groups excluding carboxylic acids is 8. The molecule has 0 spiro atoms. The Kier molecular flexibility index (Phi) is 26.2. The number of hydrogen-bond acceptors (Lipinski definition) is 23. The van der Waals surface area contributed by atoms with Gasteiger partial charge in [-0.3, -0.25) is 38.9 Å². The zero-order valence-corrected chi connectivity index (χ0v) is 79.5. The summed E-state index contributed by atoms with van der Waals surface area (Å²) >= 11 is 0. The summed E-state index contributed by atoms with van der Waals surface area (Å²) in [5.41, 5.74) is 3.56. The highest BCUT2D eigenvalue weighted by Gasteiger charge is 2.83. The number of aliphatic hydroxyl groups excluding tert-OH is 7. The van der Waals surface area contributed by atoms with Crippen molar-refractivity contribution in [3.8, 4) is 35.5 Å². The number of anilines is 3. The average Bonchev–Trinajstić information content (AvgIpc) is 1.49. The smallest absolute Gasteiger partial charge is 0.412 e. The number of aliphatic hydroxyl groups is 8. The van der Waals surface area contributed by atoms with Gasteiger partial charge in [-0.2, -0.15) is 0 Å². The van der Waals surface area contributed by atoms with E-state index in [1.165, 1.54) is 42.5 Å². The molecule has 26 atom stereocenters. The van der Waals surface area contributed by atoms with Gasteiger partial charge >= 0.3 is 6.09 Å². The summed E-state index contributed by atoms with van der Waals surface area (Å²) in [6, 6.07) is 43.6. The van der Waals surface area contributed by atoms with E-state index in [0.29, 0.717) is 102 Å². The van der Waals surface area contributed by atoms with Crippen molar-refractivity contribution in [2.45, 2.75) is 228 Å². The van der Waals surface area contributed by atoms with Gasteiger partial charge in [0, 0.05) is 117 Å². The van der Waals surface area contributed by atoms with Gasteiger partial charge < -0.3 is 76.0 Å². The molecule has 2 heterocycles. The van der Waals surface area contributed by atoms with Crippen molar-refractivity contribution < 1.29 is 116 Å². The van der Waals surface area contributed by atoms with Gasteiger partial charge in [-0.15, -0.1) is 0 Å². The number of halogens is 3. The molecule has 140 heavy (non-hydrogen) atoms. The molecule has 1 amide bonds. The molecular weight excluding hydrogens is 1790 g/mol. The lowest BCUT2D eigenvalue weighted by Crippen LogP contribution is -2.69. The van der Waals surface area contributed by atoms with Crippen molar-refractivity contribution >= 4 is 64.1 Å². The van der Waals surface area contributed by atoms with Crippen LogP contribution in [0.3, 0.4) is 0 Å². The predicted molar refractivity (Wildman–Crippen MR) is 512 cm³/mol. The third kappa shape index (κ3) is 16.0. The molecule has 6 aromatic carbocycles. The van der Waals surface area contributed by atoms with Gasteiger partial charge in [-0.25, -0.2) is 18.0 Å². The Bertz CT molecular complexity index is 6180. The fourth-order valence-corrected chi connectivity index (χ4v) is 27.1. The first-order chi connectivity index (χ1) is 66.2. The van der Waals surface area contributed by atoms with E-state index in [1.807, 2.05) is 120 Å². The van der Waals surface area contributed by atoms with Gasteiger partial charge in [-0.1, -0.05) is 146 Å². The van der Waals surface area contributed by atoms with E-state index in [0.717, 1.165) is 39.7 Å². The van der Waals surface area contributed by atoms with Crippen LogP contribution in [-0.4, -0.2) is 184 Å². The number of aldehydes is 1. The number of benzene rings is 6. The van der Waals surface area contributed by atoms with Gasteiger partial charge in [0.05, 0.1) is 36.6 Å². The summed E-state index contributed by atoms with van der Waals surface area (Å²) in [6.45, 7) is 13.5. The molecule has 12 aliphatic carbocycles. The van der Waals surface area contributed by atoms with Gasteiger partial charge in [0.2, 0.25) is 0 Å². The van der Waals surface area contributed by atoms with E-state index in [2.05, 4.69) is 40.8 Å². The minimum Gasteiger partial charge on any atom is -0.444 e. The highest BCUT2D eigenvalue weighted by atomic mass is 19.2. The van der Waals surface area contributed by atoms with Crippen LogP contribution in [0.25, 0.3) is 0 Å². The molecule has 0 bridgehead atoms. The fraction of sp³-hybridized carbons (Fsp3) is 0.451. The maximum atomic E-state index is 17.5. The number of alkyl halides is 3. The van der Waals surface area contributed by atoms with Crippen LogP contribution in [0.15, 0.2) is 217 Å². The van der Waals surface area contributed by atoms with Crippen molar-refractivity contribution in [2.24, 2.45) is 68.0 Å². The van der Waals surface area contributed by atoms with E-state index in [9.17, 15) is 79.2 Å². The largest absolute Gasteiger partial charge is 0.444 e. The van der Waals surface area contributed by atoms with E-state index in [1.54, 1.807) is 101 Å². The molecular formula is C113H118F3N3O21. The fourth-order valence-electron chi connectivity index (χ4n) is 27.1. The summed E-state index contributed by atoms with van der Waals surface area (Å²) in [6.07, 6.45) is 7.63. The van der Waals surface area contributed by atoms with Gasteiger partial charge in [-0.05, 0) is 264 Å². The van der Waals surface area contributed by atoms with Crippen LogP contribution in [0, 0.1) is 104 Å². The first-order valence-corrected chi connectivity index (χ1v) is 47.8. The second-order valence-corrected chi connectivity index (χ2v) is 42.3. The number of ketones is 6. The van der Waals surface area contributed by atoms with Crippen LogP contribution >= 0.6 is 0 Å². The third-order valence-corrected chi connectivity index (χ3v) is 34.1. The van der Waals surface area contributed by atoms with Crippen molar-refractivity contribution in [3.05, 3.63) is 267 Å². The molecule has 0 aromatic heterocycles. The second-order valence-electron chi connectivity index (χ2n) is 42.3. The Morgan fingerprint density at radius 1 is 0.457 bits per heavy atom. The maximum absolute atomic E-state index is 17.5. The van der Waals surface area contributed by atoms with Gasteiger partial charge in [0.1, 0.15) is 31.7 Å². The van der Waals surface area contributed by atoms with Gasteiger partial charge in [0.25, 0.3) is 0 Å². The quantitative estimate of drug-likeness (QED) is 0.0345. The van der Waals surface area contributed by atoms with Crippen LogP contribution in [0.5, 0.6) is 0 Å². The number of nitrogens with one attached hydrogen (secondary N) is 1. The molecule has 13 N–H and O–H groups in total. The normalized spacial score (nSPS) is 37.5. The highest BCUT2D eigenvalue weighted by Crippen LogP contribution is 2.76. The number of ether oxygens (including phenoxy) is 5. The number of nitrogens with two attached hydrogens (primary N) is 2. The number of nitrogen functional groups attached to an aromatic ring is 2. The number of hydrogen-bond donors (Lipinski definition) is 11. The van der Waals surface area contributed by atoms with E-state index in [4.69, 9.17) is 35.2 Å². The molecule has 0 radical (unpaired) electrons. The van der Waals surface area contributed by atoms with E-state index >= 15 is 13.2 Å². The predicted octanol–water partition coefficient (Wildman–Crippen LogP) is 13.6. The standard InChI is InChI=1S/2C36H36FNO6.C21H27FO6.C20H19NO3/c2*1-33-15-14-26(40)17-24(33)12-13-27-28-18-31-36(30(42)20-39,34(28,2)19-29(41)35(27,33)37)44-32(43-31)23-10-8-21(9-11-23)6-7-22-4-3-5-25(38)16-22;1-18-6-5-12(24)7-11(18)3-4-13-14-8-15(25)21(28,17(27)10-23)19(14,2)9-16(26)20(13,18)22;1-20(2,3)24-19(23)21-18-6-4-5-16(13-18)10-7-15-8-11-17(14-22)12-9-15/h2*3-5,8-11,14-17,27-29,31-32,39,41H,12-13,18-20,38H2,1-2H3;5-7,13-16,23,25-26,28H,3-4,8-10H2,1-2H3;4-6,8-9,11-14H,1-3H3,(H,21,23)/t27-,28-,29-,31+,32+,33-,34-,35-,36+;27-,28-,29-,31+,32-,33-,34-,35-,36+;13-,14-,15+,16-,18-,19-,20-,21-;/m000./s1. The number of rotatable bonds is 10. The summed E-state index contributed by atoms with van der Waals surface area (Å²) in [5.74, 6) is 12.8. The Morgan fingerprint density at radius 3 is 1.16 bits per heavy atom. The summed E-state index contributed by atoms with van der Waals surface area (Å²) in [5, 5.41) is 88.5. The van der Waals surface area contributed by atoms with Crippen molar-refractivity contribution in [3.63, 3.8) is 0 Å². The second kappa shape index (κ2) is 36.7.